The number of hydrogen-bond acceptors (Lipinski definition) is 3. The number of aliphatic hydroxyl groups is 1. The van der Waals surface area contributed by atoms with Gasteiger partial charge in [0.1, 0.15) is 11.6 Å². The maximum atomic E-state index is 13.7. The molecule has 1 aromatic rings. The third-order valence-corrected chi connectivity index (χ3v) is 3.84. The Morgan fingerprint density at radius 2 is 2.20 bits per heavy atom. The van der Waals surface area contributed by atoms with Crippen LogP contribution in [0.25, 0.3) is 0 Å². The van der Waals surface area contributed by atoms with E-state index in [0.717, 1.165) is 25.7 Å². The minimum Gasteiger partial charge on any atom is -0.497 e. The van der Waals surface area contributed by atoms with Gasteiger partial charge in [0.15, 0.2) is 0 Å². The number of amides is 1. The van der Waals surface area contributed by atoms with Crippen LogP contribution < -0.4 is 10.1 Å². The zero-order valence-corrected chi connectivity index (χ0v) is 11.6. The lowest BCUT2D eigenvalue weighted by molar-refractivity contribution is 0.0837. The Morgan fingerprint density at radius 3 is 2.80 bits per heavy atom. The van der Waals surface area contributed by atoms with Gasteiger partial charge in [-0.2, -0.15) is 0 Å². The summed E-state index contributed by atoms with van der Waals surface area (Å²) in [6, 6.07) is 4.08. The molecule has 2 rings (SSSR count). The maximum Gasteiger partial charge on any atom is 0.254 e. The number of aliphatic hydroxyl groups excluding tert-OH is 1. The van der Waals surface area contributed by atoms with Gasteiger partial charge in [-0.05, 0) is 30.9 Å². The second-order valence-electron chi connectivity index (χ2n) is 5.17. The van der Waals surface area contributed by atoms with Crippen molar-refractivity contribution in [3.63, 3.8) is 0 Å². The third kappa shape index (κ3) is 3.48. The van der Waals surface area contributed by atoms with Gasteiger partial charge in [-0.3, -0.25) is 4.79 Å². The highest BCUT2D eigenvalue weighted by Gasteiger charge is 2.23. The summed E-state index contributed by atoms with van der Waals surface area (Å²) < 4.78 is 18.6. The zero-order chi connectivity index (χ0) is 14.5. The summed E-state index contributed by atoms with van der Waals surface area (Å²) in [4.78, 5) is 11.9. The first kappa shape index (κ1) is 14.8. The molecule has 20 heavy (non-hydrogen) atoms. The van der Waals surface area contributed by atoms with Gasteiger partial charge in [-0.15, -0.1) is 0 Å². The Balaban J connectivity index is 1.91. The monoisotopic (exact) mass is 281 g/mol. The summed E-state index contributed by atoms with van der Waals surface area (Å²) in [5, 5.41) is 12.6. The highest BCUT2D eigenvalue weighted by Crippen LogP contribution is 2.27. The van der Waals surface area contributed by atoms with Crippen LogP contribution in [0.2, 0.25) is 0 Å². The predicted molar refractivity (Wildman–Crippen MR) is 73.3 cm³/mol. The molecule has 0 saturated heterocycles. The molecule has 0 radical (unpaired) electrons. The van der Waals surface area contributed by atoms with Crippen LogP contribution in [0.1, 0.15) is 36.0 Å². The van der Waals surface area contributed by atoms with Crippen LogP contribution in [0.15, 0.2) is 18.2 Å². The fraction of sp³-hybridized carbons (Fsp3) is 0.533. The van der Waals surface area contributed by atoms with Crippen LogP contribution >= 0.6 is 0 Å². The van der Waals surface area contributed by atoms with Crippen molar-refractivity contribution < 1.29 is 19.0 Å². The van der Waals surface area contributed by atoms with Crippen molar-refractivity contribution in [1.82, 2.24) is 5.32 Å². The average molecular weight is 281 g/mol. The summed E-state index contributed by atoms with van der Waals surface area (Å²) in [5.41, 5.74) is -0.0376. The number of rotatable bonds is 5. The van der Waals surface area contributed by atoms with E-state index >= 15 is 0 Å². The Bertz CT molecular complexity index is 472. The number of nitrogens with one attached hydrogen (secondary N) is 1. The highest BCUT2D eigenvalue weighted by atomic mass is 19.1. The molecule has 1 aliphatic rings. The highest BCUT2D eigenvalue weighted by molar-refractivity contribution is 5.94. The van der Waals surface area contributed by atoms with Gasteiger partial charge < -0.3 is 15.2 Å². The molecule has 1 amide bonds. The molecule has 0 bridgehead atoms. The van der Waals surface area contributed by atoms with Crippen molar-refractivity contribution in [2.24, 2.45) is 5.92 Å². The van der Waals surface area contributed by atoms with Crippen molar-refractivity contribution in [3.05, 3.63) is 29.6 Å². The van der Waals surface area contributed by atoms with Crippen LogP contribution in [0.3, 0.4) is 0 Å². The van der Waals surface area contributed by atoms with E-state index in [1.165, 1.54) is 25.3 Å². The molecule has 1 atom stereocenters. The van der Waals surface area contributed by atoms with E-state index in [9.17, 15) is 14.3 Å². The summed E-state index contributed by atoms with van der Waals surface area (Å²) >= 11 is 0. The van der Waals surface area contributed by atoms with Crippen molar-refractivity contribution >= 4 is 5.91 Å². The van der Waals surface area contributed by atoms with E-state index < -0.39 is 17.8 Å². The van der Waals surface area contributed by atoms with Gasteiger partial charge >= 0.3 is 0 Å². The molecule has 0 heterocycles. The third-order valence-electron chi connectivity index (χ3n) is 3.84. The second-order valence-corrected chi connectivity index (χ2v) is 5.17. The Morgan fingerprint density at radius 1 is 1.50 bits per heavy atom. The molecule has 0 aromatic heterocycles. The molecule has 1 fully saturated rings. The first-order valence-corrected chi connectivity index (χ1v) is 6.91. The first-order chi connectivity index (χ1) is 9.61. The fourth-order valence-corrected chi connectivity index (χ4v) is 2.61. The van der Waals surface area contributed by atoms with E-state index in [-0.39, 0.29) is 18.0 Å². The van der Waals surface area contributed by atoms with Crippen LogP contribution in [-0.2, 0) is 0 Å². The quantitative estimate of drug-likeness (QED) is 0.869. The minimum atomic E-state index is -0.628. The molecule has 4 nitrogen and oxygen atoms in total. The van der Waals surface area contributed by atoms with E-state index in [1.807, 2.05) is 0 Å². The Labute approximate surface area is 117 Å². The number of carbonyl (C=O) groups excluding carboxylic acids is 1. The van der Waals surface area contributed by atoms with Gasteiger partial charge in [0.05, 0.1) is 18.8 Å². The summed E-state index contributed by atoms with van der Waals surface area (Å²) in [7, 11) is 1.44. The molecule has 2 N–H and O–H groups in total. The largest absolute Gasteiger partial charge is 0.497 e. The first-order valence-electron chi connectivity index (χ1n) is 6.91. The van der Waals surface area contributed by atoms with Gasteiger partial charge in [0.2, 0.25) is 0 Å². The Kier molecular flexibility index (Phi) is 4.95. The van der Waals surface area contributed by atoms with Gasteiger partial charge in [-0.1, -0.05) is 12.8 Å². The summed E-state index contributed by atoms with van der Waals surface area (Å²) in [5.74, 6) is -0.527. The minimum absolute atomic E-state index is 0.0376. The lowest BCUT2D eigenvalue weighted by Gasteiger charge is -2.18. The number of benzene rings is 1. The molecule has 1 unspecified atom stereocenters. The van der Waals surface area contributed by atoms with Crippen molar-refractivity contribution in [2.45, 2.75) is 31.8 Å². The average Bonchev–Trinajstić information content (AvgIpc) is 2.98. The lowest BCUT2D eigenvalue weighted by atomic mass is 10.0. The molecule has 0 aliphatic heterocycles. The molecule has 5 heteroatoms. The number of ether oxygens (including phenoxy) is 1. The van der Waals surface area contributed by atoms with Crippen molar-refractivity contribution in [2.75, 3.05) is 13.7 Å². The van der Waals surface area contributed by atoms with Crippen LogP contribution in [0, 0.1) is 11.7 Å². The number of halogens is 1. The summed E-state index contributed by atoms with van der Waals surface area (Å²) in [6.45, 7) is 0.162. The van der Waals surface area contributed by atoms with Crippen LogP contribution in [0.4, 0.5) is 4.39 Å². The maximum absolute atomic E-state index is 13.7. The van der Waals surface area contributed by atoms with Crippen molar-refractivity contribution in [1.29, 1.82) is 0 Å². The number of hydrogen-bond donors (Lipinski definition) is 2. The van der Waals surface area contributed by atoms with Gasteiger partial charge in [0, 0.05) is 12.6 Å². The molecule has 1 aliphatic carbocycles. The number of carbonyl (C=O) groups is 1. The van der Waals surface area contributed by atoms with E-state index in [0.29, 0.717) is 5.75 Å². The van der Waals surface area contributed by atoms with Crippen LogP contribution in [-0.4, -0.2) is 30.8 Å². The normalized spacial score (nSPS) is 16.9. The molecule has 1 saturated carbocycles. The second kappa shape index (κ2) is 6.70. The van der Waals surface area contributed by atoms with Crippen molar-refractivity contribution in [3.8, 4) is 5.75 Å². The topological polar surface area (TPSA) is 58.6 Å². The smallest absolute Gasteiger partial charge is 0.254 e. The Hall–Kier alpha value is -1.62. The van der Waals surface area contributed by atoms with Gasteiger partial charge in [-0.25, -0.2) is 4.39 Å². The molecule has 0 spiro atoms. The van der Waals surface area contributed by atoms with E-state index in [4.69, 9.17) is 4.74 Å². The molecule has 110 valence electrons. The lowest BCUT2D eigenvalue weighted by Crippen LogP contribution is -2.35. The van der Waals surface area contributed by atoms with Crippen LogP contribution in [0.5, 0.6) is 5.75 Å². The molecule has 1 aromatic carbocycles. The standard InChI is InChI=1S/C15H20FNO3/c1-20-11-6-7-12(13(16)8-11)15(19)17-9-14(18)10-4-2-3-5-10/h6-8,10,14,18H,2-5,9H2,1H3,(H,17,19). The summed E-state index contributed by atoms with van der Waals surface area (Å²) in [6.07, 6.45) is 3.69. The SMILES string of the molecule is COc1ccc(C(=O)NCC(O)C2CCCC2)c(F)c1. The predicted octanol–water partition coefficient (Wildman–Crippen LogP) is 2.12. The molecular weight excluding hydrogens is 261 g/mol. The fourth-order valence-electron chi connectivity index (χ4n) is 2.61. The molecular formula is C15H20FNO3. The van der Waals surface area contributed by atoms with Gasteiger partial charge in [0.25, 0.3) is 5.91 Å². The zero-order valence-electron chi connectivity index (χ0n) is 11.6. The van der Waals surface area contributed by atoms with E-state index in [1.54, 1.807) is 0 Å². The van der Waals surface area contributed by atoms with E-state index in [2.05, 4.69) is 5.32 Å². The number of methoxy groups -OCH3 is 1.